The zero-order valence-corrected chi connectivity index (χ0v) is 20.9. The lowest BCUT2D eigenvalue weighted by Crippen LogP contribution is -2.55. The van der Waals surface area contributed by atoms with Gasteiger partial charge in [0.1, 0.15) is 0 Å². The van der Waals surface area contributed by atoms with Gasteiger partial charge in [0.15, 0.2) is 0 Å². The highest BCUT2D eigenvalue weighted by Crippen LogP contribution is 2.42. The maximum atomic E-state index is 13.0. The standard InChI is InChI=1S/C29H35N5O2/c1-20(35)32-17-22(18-32)29(36)31-26(21-7-3-2-4-8-21)13-14-33-23-11-12-24(33)16-25(15-23)34-19-30-27-9-5-6-10-28(27)34/h2-10,19,22-26H,11-18H2,1H3,(H,31,36)/t23-,24+,25?,26-/m0/s1. The molecule has 7 nitrogen and oxygen atoms in total. The van der Waals surface area contributed by atoms with E-state index in [0.717, 1.165) is 36.9 Å². The fourth-order valence-corrected chi connectivity index (χ4v) is 6.58. The number of nitrogens with zero attached hydrogens (tertiary/aromatic N) is 4. The van der Waals surface area contributed by atoms with Crippen LogP contribution in [0, 0.1) is 5.92 Å². The van der Waals surface area contributed by atoms with Gasteiger partial charge >= 0.3 is 0 Å². The van der Waals surface area contributed by atoms with Crippen molar-refractivity contribution >= 4 is 22.8 Å². The maximum Gasteiger partial charge on any atom is 0.227 e. The Balaban J connectivity index is 1.11. The van der Waals surface area contributed by atoms with Gasteiger partial charge in [0, 0.05) is 44.7 Å². The third-order valence-electron chi connectivity index (χ3n) is 8.63. The van der Waals surface area contributed by atoms with Gasteiger partial charge in [0.05, 0.1) is 29.3 Å². The number of carbonyl (C=O) groups excluding carboxylic acids is 2. The SMILES string of the molecule is CC(=O)N1CC(C(=O)N[C@@H](CCN2[C@@H]3CC[C@H]2CC(n2cnc4ccccc42)C3)c2ccccc2)C1. The number of hydrogen-bond acceptors (Lipinski definition) is 4. The number of rotatable bonds is 7. The number of benzene rings is 2. The molecule has 0 radical (unpaired) electrons. The molecular formula is C29H35N5O2. The van der Waals surface area contributed by atoms with Gasteiger partial charge in [-0.2, -0.15) is 0 Å². The molecule has 3 fully saturated rings. The van der Waals surface area contributed by atoms with Gasteiger partial charge in [-0.15, -0.1) is 0 Å². The summed E-state index contributed by atoms with van der Waals surface area (Å²) in [6.45, 7) is 3.61. The zero-order valence-electron chi connectivity index (χ0n) is 20.9. The molecular weight excluding hydrogens is 450 g/mol. The Labute approximate surface area is 212 Å². The molecule has 188 valence electrons. The molecule has 1 N–H and O–H groups in total. The molecule has 4 atom stereocenters. The van der Waals surface area contributed by atoms with Gasteiger partial charge < -0.3 is 14.8 Å². The molecule has 1 aromatic heterocycles. The highest BCUT2D eigenvalue weighted by molar-refractivity contribution is 5.84. The lowest BCUT2D eigenvalue weighted by atomic mass is 9.94. The third kappa shape index (κ3) is 4.41. The third-order valence-corrected chi connectivity index (χ3v) is 8.63. The van der Waals surface area contributed by atoms with Crippen LogP contribution in [-0.2, 0) is 9.59 Å². The molecule has 3 saturated heterocycles. The Hall–Kier alpha value is -3.19. The van der Waals surface area contributed by atoms with Crippen molar-refractivity contribution in [3.05, 3.63) is 66.5 Å². The van der Waals surface area contributed by atoms with Crippen LogP contribution in [0.5, 0.6) is 0 Å². The monoisotopic (exact) mass is 485 g/mol. The molecule has 0 saturated carbocycles. The number of hydrogen-bond donors (Lipinski definition) is 1. The lowest BCUT2D eigenvalue weighted by Gasteiger charge is -2.41. The predicted octanol–water partition coefficient (Wildman–Crippen LogP) is 3.93. The number of para-hydroxylation sites is 2. The number of piperidine rings is 1. The summed E-state index contributed by atoms with van der Waals surface area (Å²) in [6, 6.07) is 20.4. The van der Waals surface area contributed by atoms with Crippen LogP contribution in [-0.4, -0.2) is 62.9 Å². The normalized spacial score (nSPS) is 25.0. The van der Waals surface area contributed by atoms with E-state index in [-0.39, 0.29) is 23.8 Å². The van der Waals surface area contributed by atoms with Crippen molar-refractivity contribution in [2.75, 3.05) is 19.6 Å². The summed E-state index contributed by atoms with van der Waals surface area (Å²) in [7, 11) is 0. The fourth-order valence-electron chi connectivity index (χ4n) is 6.58. The topological polar surface area (TPSA) is 70.5 Å². The van der Waals surface area contributed by atoms with E-state index in [2.05, 4.69) is 56.2 Å². The van der Waals surface area contributed by atoms with Crippen LogP contribution in [0.1, 0.15) is 56.7 Å². The highest BCUT2D eigenvalue weighted by atomic mass is 16.2. The Morgan fingerprint density at radius 3 is 2.39 bits per heavy atom. The van der Waals surface area contributed by atoms with Crippen LogP contribution >= 0.6 is 0 Å². The highest BCUT2D eigenvalue weighted by Gasteiger charge is 2.41. The number of fused-ring (bicyclic) bond motifs is 3. The van der Waals surface area contributed by atoms with E-state index in [9.17, 15) is 9.59 Å². The van der Waals surface area contributed by atoms with Crippen molar-refractivity contribution in [2.45, 2.75) is 63.2 Å². The minimum absolute atomic E-state index is 0.0141. The van der Waals surface area contributed by atoms with Crippen molar-refractivity contribution in [1.82, 2.24) is 24.7 Å². The van der Waals surface area contributed by atoms with Crippen LogP contribution in [0.2, 0.25) is 0 Å². The van der Waals surface area contributed by atoms with Crippen LogP contribution in [0.3, 0.4) is 0 Å². The minimum atomic E-state index is -0.1000. The Morgan fingerprint density at radius 1 is 0.972 bits per heavy atom. The van der Waals surface area contributed by atoms with E-state index in [1.807, 2.05) is 24.5 Å². The van der Waals surface area contributed by atoms with Crippen molar-refractivity contribution in [3.63, 3.8) is 0 Å². The van der Waals surface area contributed by atoms with Crippen LogP contribution < -0.4 is 5.32 Å². The summed E-state index contributed by atoms with van der Waals surface area (Å²) in [5, 5.41) is 3.32. The maximum absolute atomic E-state index is 13.0. The van der Waals surface area contributed by atoms with Crippen LogP contribution in [0.4, 0.5) is 0 Å². The zero-order chi connectivity index (χ0) is 24.6. The van der Waals surface area contributed by atoms with E-state index in [1.54, 1.807) is 11.8 Å². The second-order valence-corrected chi connectivity index (χ2v) is 10.8. The second-order valence-electron chi connectivity index (χ2n) is 10.8. The van der Waals surface area contributed by atoms with Gasteiger partial charge in [-0.1, -0.05) is 42.5 Å². The molecule has 0 spiro atoms. The number of nitrogens with one attached hydrogen (secondary N) is 1. The molecule has 6 rings (SSSR count). The van der Waals surface area contributed by atoms with Gasteiger partial charge in [-0.05, 0) is 49.8 Å². The summed E-state index contributed by atoms with van der Waals surface area (Å²) in [4.78, 5) is 33.6. The average molecular weight is 486 g/mol. The van der Waals surface area contributed by atoms with Gasteiger partial charge in [0.25, 0.3) is 0 Å². The first-order valence-electron chi connectivity index (χ1n) is 13.3. The molecule has 3 aliphatic rings. The predicted molar refractivity (Wildman–Crippen MR) is 139 cm³/mol. The number of carbonyl (C=O) groups is 2. The largest absolute Gasteiger partial charge is 0.349 e. The fraction of sp³-hybridized carbons (Fsp3) is 0.483. The Kier molecular flexibility index (Phi) is 6.25. The molecule has 36 heavy (non-hydrogen) atoms. The van der Waals surface area contributed by atoms with E-state index in [1.165, 1.54) is 18.4 Å². The van der Waals surface area contributed by atoms with E-state index in [0.29, 0.717) is 31.2 Å². The number of imidazole rings is 1. The summed E-state index contributed by atoms with van der Waals surface area (Å²) in [5.74, 6) is 0.00767. The van der Waals surface area contributed by atoms with Gasteiger partial charge in [-0.25, -0.2) is 4.98 Å². The molecule has 2 bridgehead atoms. The summed E-state index contributed by atoms with van der Waals surface area (Å²) < 4.78 is 2.40. The van der Waals surface area contributed by atoms with Crippen molar-refractivity contribution in [2.24, 2.45) is 5.92 Å². The van der Waals surface area contributed by atoms with Crippen molar-refractivity contribution in [3.8, 4) is 0 Å². The number of aromatic nitrogens is 2. The molecule has 1 unspecified atom stereocenters. The molecule has 2 aromatic carbocycles. The van der Waals surface area contributed by atoms with Crippen LogP contribution in [0.15, 0.2) is 60.9 Å². The quantitative estimate of drug-likeness (QED) is 0.551. The van der Waals surface area contributed by atoms with Gasteiger partial charge in [0.2, 0.25) is 11.8 Å². The first kappa shape index (κ1) is 23.2. The summed E-state index contributed by atoms with van der Waals surface area (Å²) >= 11 is 0. The molecule has 3 aromatic rings. The second kappa shape index (κ2) is 9.69. The molecule has 4 heterocycles. The van der Waals surface area contributed by atoms with Crippen LogP contribution in [0.25, 0.3) is 11.0 Å². The summed E-state index contributed by atoms with van der Waals surface area (Å²) in [5.41, 5.74) is 3.47. The van der Waals surface area contributed by atoms with Gasteiger partial charge in [-0.3, -0.25) is 14.5 Å². The van der Waals surface area contributed by atoms with E-state index >= 15 is 0 Å². The Morgan fingerprint density at radius 2 is 1.67 bits per heavy atom. The average Bonchev–Trinajstić information content (AvgIpc) is 3.38. The minimum Gasteiger partial charge on any atom is -0.349 e. The molecule has 7 heteroatoms. The van der Waals surface area contributed by atoms with E-state index in [4.69, 9.17) is 0 Å². The molecule has 2 amide bonds. The molecule has 3 aliphatic heterocycles. The lowest BCUT2D eigenvalue weighted by molar-refractivity contribution is -0.141. The van der Waals surface area contributed by atoms with Crippen molar-refractivity contribution < 1.29 is 9.59 Å². The Bertz CT molecular complexity index is 1220. The number of likely N-dealkylation sites (tertiary alicyclic amines) is 1. The van der Waals surface area contributed by atoms with Crippen molar-refractivity contribution in [1.29, 1.82) is 0 Å². The summed E-state index contributed by atoms with van der Waals surface area (Å²) in [6.07, 6.45) is 7.73. The molecule has 0 aliphatic carbocycles. The van der Waals surface area contributed by atoms with E-state index < -0.39 is 0 Å². The smallest absolute Gasteiger partial charge is 0.227 e. The first-order valence-corrected chi connectivity index (χ1v) is 13.3. The number of amides is 2. The first-order chi connectivity index (χ1) is 17.6.